The summed E-state index contributed by atoms with van der Waals surface area (Å²) < 4.78 is 30.0. The van der Waals surface area contributed by atoms with Crippen molar-refractivity contribution in [1.29, 1.82) is 0 Å². The highest BCUT2D eigenvalue weighted by Gasteiger charge is 2.07. The monoisotopic (exact) mass is 596 g/mol. The Labute approximate surface area is 248 Å². The van der Waals surface area contributed by atoms with Crippen LogP contribution < -0.4 is 16.4 Å². The normalized spacial score (nSPS) is 12.5. The Hall–Kier alpha value is -2.95. The van der Waals surface area contributed by atoms with Crippen molar-refractivity contribution in [2.45, 2.75) is 60.0 Å². The molecule has 40 heavy (non-hydrogen) atoms. The molecule has 4 N–H and O–H groups in total. The first-order chi connectivity index (χ1) is 18.5. The highest BCUT2D eigenvalue weighted by Crippen LogP contribution is 2.12. The van der Waals surface area contributed by atoms with E-state index in [4.69, 9.17) is 22.7 Å². The number of benzene rings is 2. The number of aliphatic imine (C=N–C) groups is 1. The van der Waals surface area contributed by atoms with E-state index in [1.807, 2.05) is 13.8 Å². The highest BCUT2D eigenvalue weighted by atomic mass is 32.1. The van der Waals surface area contributed by atoms with Gasteiger partial charge in [0.25, 0.3) is 0 Å². The zero-order valence-corrected chi connectivity index (χ0v) is 24.5. The van der Waals surface area contributed by atoms with E-state index in [-0.39, 0.29) is 55.8 Å². The second-order valence-electron chi connectivity index (χ2n) is 8.57. The molecule has 0 amide bonds. The molecular formula is C29H42F2N4O3S2. The van der Waals surface area contributed by atoms with Gasteiger partial charge in [-0.1, -0.05) is 31.7 Å². The van der Waals surface area contributed by atoms with Gasteiger partial charge in [0, 0.05) is 19.3 Å². The summed E-state index contributed by atoms with van der Waals surface area (Å²) in [6.45, 7) is 9.10. The van der Waals surface area contributed by atoms with Crippen LogP contribution in [0.4, 0.5) is 8.78 Å². The first-order valence-corrected chi connectivity index (χ1v) is 13.2. The Balaban J connectivity index is 0. The van der Waals surface area contributed by atoms with Crippen LogP contribution in [0.1, 0.15) is 71.2 Å². The van der Waals surface area contributed by atoms with Gasteiger partial charge >= 0.3 is 0 Å². The molecule has 222 valence electrons. The quantitative estimate of drug-likeness (QED) is 0.268. The fourth-order valence-corrected chi connectivity index (χ4v) is 3.02. The van der Waals surface area contributed by atoms with Crippen LogP contribution in [0.3, 0.4) is 0 Å². The first kappa shape index (κ1) is 39.2. The lowest BCUT2D eigenvalue weighted by molar-refractivity contribution is -0.116. The maximum absolute atomic E-state index is 12.7. The summed E-state index contributed by atoms with van der Waals surface area (Å²) in [6.07, 6.45) is 2.56. The van der Waals surface area contributed by atoms with E-state index in [1.165, 1.54) is 51.0 Å². The predicted octanol–water partition coefficient (Wildman–Crippen LogP) is 5.90. The van der Waals surface area contributed by atoms with Crippen LogP contribution in [0.2, 0.25) is 0 Å². The van der Waals surface area contributed by atoms with Crippen molar-refractivity contribution in [3.63, 3.8) is 0 Å². The summed E-state index contributed by atoms with van der Waals surface area (Å²) >= 11 is 9.23. The lowest BCUT2D eigenvalue weighted by atomic mass is 10.1. The average molecular weight is 597 g/mol. The maximum atomic E-state index is 12.7. The van der Waals surface area contributed by atoms with Crippen molar-refractivity contribution in [3.8, 4) is 0 Å². The number of Topliss-reactive ketones (excluding diaryl/α,β-unsaturated/α-hetero) is 2. The Bertz CT molecular complexity index is 1030. The first-order valence-electron chi connectivity index (χ1n) is 12.4. The van der Waals surface area contributed by atoms with Crippen LogP contribution in [0.5, 0.6) is 0 Å². The van der Waals surface area contributed by atoms with Crippen LogP contribution >= 0.6 is 24.4 Å². The van der Waals surface area contributed by atoms with Gasteiger partial charge in [0.15, 0.2) is 10.9 Å². The molecule has 0 radical (unpaired) electrons. The molecule has 11 heteroatoms. The third-order valence-corrected chi connectivity index (χ3v) is 5.20. The van der Waals surface area contributed by atoms with Crippen molar-refractivity contribution in [2.75, 3.05) is 26.3 Å². The van der Waals surface area contributed by atoms with Gasteiger partial charge in [0.2, 0.25) is 0 Å². The van der Waals surface area contributed by atoms with Gasteiger partial charge in [0.05, 0.1) is 17.7 Å². The zero-order valence-electron chi connectivity index (χ0n) is 22.8. The minimum absolute atomic E-state index is 0. The van der Waals surface area contributed by atoms with Crippen LogP contribution in [-0.4, -0.2) is 48.1 Å². The van der Waals surface area contributed by atoms with E-state index < -0.39 is 0 Å². The molecule has 1 heterocycles. The maximum Gasteiger partial charge on any atom is 0.167 e. The molecular weight excluding hydrogens is 554 g/mol. The Morgan fingerprint density at radius 2 is 1.45 bits per heavy atom. The number of hydrogen-bond donors (Lipinski definition) is 3. The van der Waals surface area contributed by atoms with Crippen LogP contribution in [0.15, 0.2) is 53.5 Å². The minimum Gasteiger partial charge on any atom is -0.381 e. The van der Waals surface area contributed by atoms with Crippen LogP contribution in [-0.2, 0) is 14.3 Å². The molecule has 1 saturated heterocycles. The number of nitrogens with one attached hydrogen (secondary N) is 2. The van der Waals surface area contributed by atoms with E-state index in [1.54, 1.807) is 24.3 Å². The molecule has 0 bridgehead atoms. The number of rotatable bonds is 7. The summed E-state index contributed by atoms with van der Waals surface area (Å²) in [5, 5.41) is 8.31. The van der Waals surface area contributed by atoms with E-state index in [0.29, 0.717) is 5.11 Å². The third-order valence-electron chi connectivity index (χ3n) is 4.80. The fourth-order valence-electron chi connectivity index (χ4n) is 2.71. The van der Waals surface area contributed by atoms with Gasteiger partial charge in [-0.05, 0) is 100 Å². The lowest BCUT2D eigenvalue weighted by Crippen LogP contribution is -2.38. The zero-order chi connectivity index (χ0) is 29.6. The summed E-state index contributed by atoms with van der Waals surface area (Å²) in [4.78, 5) is 24.2. The van der Waals surface area contributed by atoms with E-state index in [9.17, 15) is 18.4 Å². The molecule has 0 aliphatic carbocycles. The van der Waals surface area contributed by atoms with Gasteiger partial charge < -0.3 is 21.1 Å². The number of isothiocyanates is 1. The van der Waals surface area contributed by atoms with Crippen molar-refractivity contribution >= 4 is 46.3 Å². The Morgan fingerprint density at radius 1 is 0.975 bits per heavy atom. The number of nitrogens with zero attached hydrogens (tertiary/aromatic N) is 1. The molecule has 1 fully saturated rings. The number of hydrogen-bond acceptors (Lipinski definition) is 7. The summed E-state index contributed by atoms with van der Waals surface area (Å²) in [5.41, 5.74) is 7.43. The molecule has 2 aromatic rings. The van der Waals surface area contributed by atoms with Gasteiger partial charge in [-0.3, -0.25) is 9.59 Å². The molecule has 0 spiro atoms. The molecule has 1 aliphatic rings. The van der Waals surface area contributed by atoms with Crippen molar-refractivity contribution in [1.82, 2.24) is 10.6 Å². The molecule has 7 nitrogen and oxygen atoms in total. The predicted molar refractivity (Wildman–Crippen MR) is 166 cm³/mol. The second kappa shape index (κ2) is 23.9. The average Bonchev–Trinajstić information content (AvgIpc) is 3.48. The smallest absolute Gasteiger partial charge is 0.167 e. The number of nitrogens with two attached hydrogens (primary N) is 1. The summed E-state index contributed by atoms with van der Waals surface area (Å²) in [5.74, 6) is -0.455. The van der Waals surface area contributed by atoms with E-state index in [2.05, 4.69) is 33.0 Å². The van der Waals surface area contributed by atoms with Gasteiger partial charge in [-0.25, -0.2) is 13.8 Å². The number of carbonyl (C=O) groups excluding carboxylic acids is 2. The van der Waals surface area contributed by atoms with E-state index in [0.717, 1.165) is 24.3 Å². The largest absolute Gasteiger partial charge is 0.381 e. The number of ketones is 2. The fraction of sp³-hybridized carbons (Fsp3) is 0.448. The molecule has 2 aromatic carbocycles. The van der Waals surface area contributed by atoms with Gasteiger partial charge in [0.1, 0.15) is 24.0 Å². The second-order valence-corrected chi connectivity index (χ2v) is 9.16. The molecule has 0 saturated carbocycles. The van der Waals surface area contributed by atoms with Gasteiger partial charge in [-0.15, -0.1) is 0 Å². The molecule has 0 aromatic heterocycles. The molecule has 2 atom stereocenters. The third kappa shape index (κ3) is 21.9. The minimum atomic E-state index is -0.266. The molecule has 0 unspecified atom stereocenters. The highest BCUT2D eigenvalue weighted by molar-refractivity contribution is 7.80. The SMILES string of the molecule is C.C1CCOC1.CC(=O)CN=C=S.CC(=O)CNC(=S)N[C@@H](C)c1ccc(F)cc1.C[C@H](N)c1ccc(F)cc1. The van der Waals surface area contributed by atoms with Crippen LogP contribution in [0.25, 0.3) is 0 Å². The number of thiocarbonyl (C=S) groups is 2. The van der Waals surface area contributed by atoms with Crippen LogP contribution in [0, 0.1) is 11.6 Å². The van der Waals surface area contributed by atoms with E-state index >= 15 is 0 Å². The Kier molecular flexibility index (Phi) is 23.4. The summed E-state index contributed by atoms with van der Waals surface area (Å²) in [6, 6.07) is 12.4. The number of ether oxygens (including phenoxy) is 1. The lowest BCUT2D eigenvalue weighted by Gasteiger charge is -2.16. The van der Waals surface area contributed by atoms with Gasteiger partial charge in [-0.2, -0.15) is 0 Å². The Morgan fingerprint density at radius 3 is 1.77 bits per heavy atom. The topological polar surface area (TPSA) is 106 Å². The van der Waals surface area contributed by atoms with Crippen molar-refractivity contribution in [3.05, 3.63) is 71.3 Å². The number of halogens is 2. The molecule has 1 aliphatic heterocycles. The summed E-state index contributed by atoms with van der Waals surface area (Å²) in [7, 11) is 0. The standard InChI is InChI=1S/C12H15FN2OS.C8H10FN.C4H5NOS.C4H8O.CH4/c1-8(16)7-14-12(17)15-9(2)10-3-5-11(13)6-4-10;1-6(10)7-2-4-8(9)5-3-7;1-4(6)2-5-3-7;1-2-4-5-3-1;/h3-6,9H,7H2,1-2H3,(H2,14,15,17);2-6H,10H2,1H3;2H2,1H3;1-4H2;1H4/t9-;6-;;;/m00.../s1. The van der Waals surface area contributed by atoms with Crippen molar-refractivity contribution < 1.29 is 23.1 Å². The molecule has 3 rings (SSSR count). The number of carbonyl (C=O) groups is 2. The van der Waals surface area contributed by atoms with Crippen molar-refractivity contribution in [2.24, 2.45) is 10.7 Å².